The monoisotopic (exact) mass is 687 g/mol. The summed E-state index contributed by atoms with van der Waals surface area (Å²) in [7, 11) is -3.63. The van der Waals surface area contributed by atoms with Gasteiger partial charge in [-0.05, 0) is 55.0 Å². The molecule has 244 valence electrons. The zero-order chi connectivity index (χ0) is 33.6. The van der Waals surface area contributed by atoms with Crippen LogP contribution < -0.4 is 19.7 Å². The van der Waals surface area contributed by atoms with Crippen LogP contribution in [0, 0.1) is 12.7 Å². The molecule has 1 aliphatic heterocycles. The fourth-order valence-electron chi connectivity index (χ4n) is 4.70. The quantitative estimate of drug-likeness (QED) is 0.191. The van der Waals surface area contributed by atoms with Crippen LogP contribution in [0.25, 0.3) is 5.82 Å². The van der Waals surface area contributed by atoms with E-state index in [1.807, 2.05) is 0 Å². The molecule has 1 aliphatic rings. The van der Waals surface area contributed by atoms with E-state index in [1.54, 1.807) is 6.92 Å². The molecule has 5 rings (SSSR count). The van der Waals surface area contributed by atoms with Crippen molar-refractivity contribution in [1.82, 2.24) is 9.55 Å². The first-order valence-corrected chi connectivity index (χ1v) is 15.5. The first-order valence-electron chi connectivity index (χ1n) is 13.3. The van der Waals surface area contributed by atoms with Crippen LogP contribution in [0.5, 0.6) is 5.75 Å². The number of alkyl halides is 5. The van der Waals surface area contributed by atoms with Gasteiger partial charge in [0.2, 0.25) is 10.0 Å². The minimum atomic E-state index is -4.80. The lowest BCUT2D eigenvalue weighted by atomic mass is 10.1. The lowest BCUT2D eigenvalue weighted by molar-refractivity contribution is -0.137. The molecule has 17 heteroatoms. The lowest BCUT2D eigenvalue weighted by Gasteiger charge is -2.40. The number of halogens is 7. The number of amides is 1. The summed E-state index contributed by atoms with van der Waals surface area (Å²) in [5.74, 6) is -4.61. The molecule has 1 saturated heterocycles. The van der Waals surface area contributed by atoms with Gasteiger partial charge in [-0.1, -0.05) is 11.6 Å². The molecular formula is C29H24ClF6N5O4S. The minimum Gasteiger partial charge on any atom is -0.485 e. The van der Waals surface area contributed by atoms with Gasteiger partial charge in [-0.2, -0.15) is 13.2 Å². The lowest BCUT2D eigenvalue weighted by Crippen LogP contribution is -2.56. The maximum absolute atomic E-state index is 14.0. The third-order valence-corrected chi connectivity index (χ3v) is 7.49. The van der Waals surface area contributed by atoms with E-state index in [4.69, 9.17) is 16.3 Å². The predicted molar refractivity (Wildman–Crippen MR) is 159 cm³/mol. The summed E-state index contributed by atoms with van der Waals surface area (Å²) in [5, 5.41) is 2.76. The third kappa shape index (κ3) is 7.85. The van der Waals surface area contributed by atoms with Gasteiger partial charge in [-0.3, -0.25) is 9.52 Å². The molecule has 0 radical (unpaired) electrons. The van der Waals surface area contributed by atoms with Gasteiger partial charge in [0.05, 0.1) is 48.0 Å². The number of anilines is 3. The second-order valence-electron chi connectivity index (χ2n) is 10.7. The Labute approximate surface area is 263 Å². The number of nitrogens with zero attached hydrogens (tertiary/aromatic N) is 3. The molecule has 46 heavy (non-hydrogen) atoms. The summed E-state index contributed by atoms with van der Waals surface area (Å²) < 4.78 is 114. The summed E-state index contributed by atoms with van der Waals surface area (Å²) >= 11 is 6.08. The van der Waals surface area contributed by atoms with Gasteiger partial charge in [0.1, 0.15) is 12.4 Å². The molecular weight excluding hydrogens is 664 g/mol. The Morgan fingerprint density at radius 2 is 1.76 bits per heavy atom. The Hall–Kier alpha value is -4.44. The summed E-state index contributed by atoms with van der Waals surface area (Å²) in [6.07, 6.45) is -1.15. The van der Waals surface area contributed by atoms with Crippen LogP contribution in [-0.4, -0.2) is 49.1 Å². The largest absolute Gasteiger partial charge is 0.485 e. The zero-order valence-corrected chi connectivity index (χ0v) is 25.5. The molecule has 1 fully saturated rings. The number of aromatic nitrogens is 2. The average Bonchev–Trinajstić information content (AvgIpc) is 3.29. The van der Waals surface area contributed by atoms with Crippen LogP contribution in [0.4, 0.5) is 43.4 Å². The second kappa shape index (κ2) is 12.1. The Kier molecular flexibility index (Phi) is 8.63. The highest BCUT2D eigenvalue weighted by molar-refractivity contribution is 7.92. The SMILES string of the molecule is Cc1cc(C(=O)Nc2cc(Cl)cc(NS(C)(=O)=O)c2)cn1-c1ncc(N2CC(F)(F)C2)cc1OCc1cc(F)cc(C(F)(F)F)c1. The maximum Gasteiger partial charge on any atom is 0.416 e. The number of nitrogens with one attached hydrogen (secondary N) is 2. The fourth-order valence-corrected chi connectivity index (χ4v) is 5.48. The number of carbonyl (C=O) groups is 1. The number of benzene rings is 2. The number of ether oxygens (including phenoxy) is 1. The normalized spacial score (nSPS) is 14.5. The van der Waals surface area contributed by atoms with Crippen molar-refractivity contribution < 1.29 is 44.3 Å². The number of hydrogen-bond donors (Lipinski definition) is 2. The maximum atomic E-state index is 14.0. The first-order chi connectivity index (χ1) is 21.3. The average molecular weight is 688 g/mol. The molecule has 0 saturated carbocycles. The van der Waals surface area contributed by atoms with Crippen LogP contribution in [0.1, 0.15) is 27.2 Å². The summed E-state index contributed by atoms with van der Waals surface area (Å²) in [4.78, 5) is 18.8. The van der Waals surface area contributed by atoms with Crippen molar-refractivity contribution in [2.24, 2.45) is 0 Å². The van der Waals surface area contributed by atoms with Crippen LogP contribution in [0.2, 0.25) is 5.02 Å². The topological polar surface area (TPSA) is 106 Å². The Morgan fingerprint density at radius 1 is 1.07 bits per heavy atom. The van der Waals surface area contributed by atoms with Crippen molar-refractivity contribution in [3.63, 3.8) is 0 Å². The summed E-state index contributed by atoms with van der Waals surface area (Å²) in [6.45, 7) is -0.0581. The molecule has 0 unspecified atom stereocenters. The standard InChI is InChI=1S/C29H24ClF6N5O4S/c1-16-3-18(27(42)38-22-7-20(30)8-23(9-22)39-46(2,43)44)12-41(16)26-25(10-24(11-37-26)40-14-28(32,33)15-40)45-13-17-4-19(29(34,35)36)6-21(31)5-17/h3-12,39H,13-15H2,1-2H3,(H,38,42). The highest BCUT2D eigenvalue weighted by Gasteiger charge is 2.44. The van der Waals surface area contributed by atoms with E-state index in [0.29, 0.717) is 11.8 Å². The van der Waals surface area contributed by atoms with E-state index >= 15 is 0 Å². The number of sulfonamides is 1. The number of hydrogen-bond acceptors (Lipinski definition) is 6. The summed E-state index contributed by atoms with van der Waals surface area (Å²) in [5.41, 5.74) is -0.227. The Bertz CT molecular complexity index is 1930. The van der Waals surface area contributed by atoms with Gasteiger partial charge >= 0.3 is 6.18 Å². The number of pyridine rings is 1. The van der Waals surface area contributed by atoms with E-state index in [2.05, 4.69) is 15.0 Å². The molecule has 0 bridgehead atoms. The molecule has 2 aromatic carbocycles. The molecule has 2 aromatic heterocycles. The van der Waals surface area contributed by atoms with Gasteiger partial charge in [0, 0.05) is 28.7 Å². The molecule has 0 atom stereocenters. The van der Waals surface area contributed by atoms with Crippen molar-refractivity contribution in [2.45, 2.75) is 25.6 Å². The smallest absolute Gasteiger partial charge is 0.416 e. The highest BCUT2D eigenvalue weighted by Crippen LogP contribution is 2.36. The van der Waals surface area contributed by atoms with Crippen LogP contribution in [0.15, 0.2) is 60.9 Å². The van der Waals surface area contributed by atoms with E-state index in [1.165, 1.54) is 52.2 Å². The van der Waals surface area contributed by atoms with Crippen molar-refractivity contribution in [3.05, 3.63) is 94.1 Å². The van der Waals surface area contributed by atoms with Crippen molar-refractivity contribution >= 4 is 44.6 Å². The Morgan fingerprint density at radius 3 is 2.41 bits per heavy atom. The van der Waals surface area contributed by atoms with Gasteiger partial charge < -0.3 is 19.5 Å². The van der Waals surface area contributed by atoms with Crippen molar-refractivity contribution in [3.8, 4) is 11.6 Å². The van der Waals surface area contributed by atoms with Crippen molar-refractivity contribution in [2.75, 3.05) is 34.3 Å². The number of carbonyl (C=O) groups excluding carboxylic acids is 1. The molecule has 0 aliphatic carbocycles. The molecule has 4 aromatic rings. The van der Waals surface area contributed by atoms with Crippen LogP contribution in [0.3, 0.4) is 0 Å². The van der Waals surface area contributed by atoms with E-state index < -0.39 is 59.1 Å². The number of rotatable bonds is 9. The molecule has 0 spiro atoms. The van der Waals surface area contributed by atoms with Crippen LogP contribution in [-0.2, 0) is 22.8 Å². The molecule has 3 heterocycles. The van der Waals surface area contributed by atoms with E-state index in [0.717, 1.165) is 18.4 Å². The highest BCUT2D eigenvalue weighted by atomic mass is 35.5. The minimum absolute atomic E-state index is 0.0393. The third-order valence-electron chi connectivity index (χ3n) is 6.67. The molecule has 9 nitrogen and oxygen atoms in total. The first kappa shape index (κ1) is 32.9. The molecule has 2 N–H and O–H groups in total. The van der Waals surface area contributed by atoms with Crippen LogP contribution >= 0.6 is 11.6 Å². The second-order valence-corrected chi connectivity index (χ2v) is 12.8. The Balaban J connectivity index is 1.44. The van der Waals surface area contributed by atoms with Gasteiger partial charge in [0.25, 0.3) is 11.8 Å². The summed E-state index contributed by atoms with van der Waals surface area (Å²) in [6, 6.07) is 8.93. The predicted octanol–water partition coefficient (Wildman–Crippen LogP) is 6.65. The van der Waals surface area contributed by atoms with Crippen molar-refractivity contribution in [1.29, 1.82) is 0 Å². The fraction of sp³-hybridized carbons (Fsp3) is 0.241. The molecule has 1 amide bonds. The van der Waals surface area contributed by atoms with Gasteiger partial charge in [-0.25, -0.2) is 26.6 Å². The van der Waals surface area contributed by atoms with Gasteiger partial charge in [0.15, 0.2) is 11.6 Å². The zero-order valence-electron chi connectivity index (χ0n) is 23.9. The van der Waals surface area contributed by atoms with E-state index in [9.17, 15) is 39.6 Å². The number of aryl methyl sites for hydroxylation is 1. The van der Waals surface area contributed by atoms with E-state index in [-0.39, 0.29) is 44.8 Å². The van der Waals surface area contributed by atoms with Gasteiger partial charge in [-0.15, -0.1) is 0 Å².